The minimum atomic E-state index is -0.757. The summed E-state index contributed by atoms with van der Waals surface area (Å²) in [6.07, 6.45) is 5.32. The van der Waals surface area contributed by atoms with Crippen molar-refractivity contribution in [1.29, 1.82) is 0 Å². The molecule has 38 heavy (non-hydrogen) atoms. The van der Waals surface area contributed by atoms with Gasteiger partial charge in [-0.2, -0.15) is 0 Å². The molecule has 0 aromatic heterocycles. The van der Waals surface area contributed by atoms with Crippen LogP contribution in [0.15, 0.2) is 71.2 Å². The average molecular weight is 581 g/mol. The number of halogens is 1. The zero-order valence-electron chi connectivity index (χ0n) is 21.8. The molecule has 2 aliphatic rings. The van der Waals surface area contributed by atoms with Crippen molar-refractivity contribution in [2.24, 2.45) is 11.8 Å². The SMILES string of the molecule is CC(C)NC(=O)[C@H](Cc1ccccc1)N(Cc1ccc(Br)cc1)C(=O)CCN1C(=O)[C@H]2CC=CC[C@H]2C1=O. The number of likely N-dealkylation sites (tertiary alicyclic amines) is 1. The van der Waals surface area contributed by atoms with Gasteiger partial charge in [-0.15, -0.1) is 0 Å². The molecular weight excluding hydrogens is 546 g/mol. The molecule has 0 spiro atoms. The molecule has 7 nitrogen and oxygen atoms in total. The molecule has 1 fully saturated rings. The van der Waals surface area contributed by atoms with Crippen LogP contribution in [-0.2, 0) is 32.1 Å². The first-order valence-corrected chi connectivity index (χ1v) is 13.9. The van der Waals surface area contributed by atoms with E-state index in [0.29, 0.717) is 19.3 Å². The molecule has 2 aromatic rings. The lowest BCUT2D eigenvalue weighted by Crippen LogP contribution is -2.52. The van der Waals surface area contributed by atoms with Gasteiger partial charge in [0.25, 0.3) is 0 Å². The quantitative estimate of drug-likeness (QED) is 0.336. The molecular formula is C30H34BrN3O4. The molecule has 1 heterocycles. The highest BCUT2D eigenvalue weighted by Gasteiger charge is 2.47. The first-order valence-electron chi connectivity index (χ1n) is 13.1. The molecule has 8 heteroatoms. The van der Waals surface area contributed by atoms with Gasteiger partial charge in [-0.3, -0.25) is 24.1 Å². The number of nitrogens with zero attached hydrogens (tertiary/aromatic N) is 2. The summed E-state index contributed by atoms with van der Waals surface area (Å²) in [4.78, 5) is 56.0. The first-order chi connectivity index (χ1) is 18.2. The third-order valence-corrected chi connectivity index (χ3v) is 7.65. The van der Waals surface area contributed by atoms with Gasteiger partial charge < -0.3 is 10.2 Å². The van der Waals surface area contributed by atoms with Gasteiger partial charge in [-0.05, 0) is 49.9 Å². The summed E-state index contributed by atoms with van der Waals surface area (Å²) in [6.45, 7) is 4.02. The van der Waals surface area contributed by atoms with Crippen molar-refractivity contribution in [3.63, 3.8) is 0 Å². The smallest absolute Gasteiger partial charge is 0.243 e. The average Bonchev–Trinajstić information content (AvgIpc) is 3.15. The summed E-state index contributed by atoms with van der Waals surface area (Å²) in [7, 11) is 0. The molecule has 1 aliphatic heterocycles. The Balaban J connectivity index is 1.58. The maximum atomic E-state index is 13.8. The van der Waals surface area contributed by atoms with Crippen LogP contribution in [0.2, 0.25) is 0 Å². The van der Waals surface area contributed by atoms with Crippen LogP contribution in [0.4, 0.5) is 0 Å². The number of hydrogen-bond donors (Lipinski definition) is 1. The van der Waals surface area contributed by atoms with Crippen LogP contribution in [-0.4, -0.2) is 52.1 Å². The van der Waals surface area contributed by atoms with Crippen molar-refractivity contribution in [1.82, 2.24) is 15.1 Å². The van der Waals surface area contributed by atoms with E-state index in [1.165, 1.54) is 4.90 Å². The number of rotatable bonds is 10. The maximum Gasteiger partial charge on any atom is 0.243 e. The zero-order valence-corrected chi connectivity index (χ0v) is 23.4. The van der Waals surface area contributed by atoms with Crippen molar-refractivity contribution in [3.8, 4) is 0 Å². The minimum Gasteiger partial charge on any atom is -0.352 e. The molecule has 0 unspecified atom stereocenters. The van der Waals surface area contributed by atoms with Crippen LogP contribution in [0.5, 0.6) is 0 Å². The normalized spacial score (nSPS) is 19.4. The van der Waals surface area contributed by atoms with E-state index in [1.807, 2.05) is 80.6 Å². The molecule has 0 bridgehead atoms. The number of allylic oxidation sites excluding steroid dienone is 2. The molecule has 1 N–H and O–H groups in total. The number of fused-ring (bicyclic) bond motifs is 1. The van der Waals surface area contributed by atoms with Crippen LogP contribution in [0.3, 0.4) is 0 Å². The van der Waals surface area contributed by atoms with Crippen LogP contribution in [0.1, 0.15) is 44.2 Å². The fraction of sp³-hybridized carbons (Fsp3) is 0.400. The Hall–Kier alpha value is -3.26. The Labute approximate surface area is 232 Å². The molecule has 0 saturated carbocycles. The lowest BCUT2D eigenvalue weighted by atomic mass is 9.85. The number of carbonyl (C=O) groups is 4. The van der Waals surface area contributed by atoms with E-state index in [1.54, 1.807) is 4.90 Å². The Morgan fingerprint density at radius 1 is 0.947 bits per heavy atom. The second-order valence-electron chi connectivity index (χ2n) is 10.3. The largest absolute Gasteiger partial charge is 0.352 e. The third kappa shape index (κ3) is 6.59. The van der Waals surface area contributed by atoms with E-state index in [9.17, 15) is 19.2 Å². The van der Waals surface area contributed by atoms with Gasteiger partial charge >= 0.3 is 0 Å². The van der Waals surface area contributed by atoms with Crippen molar-refractivity contribution < 1.29 is 19.2 Å². The van der Waals surface area contributed by atoms with Crippen molar-refractivity contribution in [3.05, 3.63) is 82.3 Å². The second-order valence-corrected chi connectivity index (χ2v) is 11.2. The van der Waals surface area contributed by atoms with Crippen molar-refractivity contribution in [2.45, 2.75) is 58.2 Å². The number of hydrogen-bond acceptors (Lipinski definition) is 4. The number of amides is 4. The molecule has 0 radical (unpaired) electrons. The monoisotopic (exact) mass is 579 g/mol. The summed E-state index contributed by atoms with van der Waals surface area (Å²) in [5.74, 6) is -1.57. The number of imide groups is 1. The Bertz CT molecular complexity index is 1170. The fourth-order valence-corrected chi connectivity index (χ4v) is 5.43. The lowest BCUT2D eigenvalue weighted by Gasteiger charge is -2.32. The van der Waals surface area contributed by atoms with Crippen LogP contribution >= 0.6 is 15.9 Å². The van der Waals surface area contributed by atoms with Gasteiger partial charge in [0.2, 0.25) is 23.6 Å². The topological polar surface area (TPSA) is 86.8 Å². The maximum absolute atomic E-state index is 13.8. The van der Waals surface area contributed by atoms with E-state index in [4.69, 9.17) is 0 Å². The molecule has 3 atom stereocenters. The van der Waals surface area contributed by atoms with Crippen molar-refractivity contribution in [2.75, 3.05) is 6.54 Å². The number of nitrogens with one attached hydrogen (secondary N) is 1. The van der Waals surface area contributed by atoms with Crippen LogP contribution < -0.4 is 5.32 Å². The van der Waals surface area contributed by atoms with Gasteiger partial charge in [0.15, 0.2) is 0 Å². The summed E-state index contributed by atoms with van der Waals surface area (Å²) in [5, 5.41) is 2.97. The molecule has 2 aromatic carbocycles. The lowest BCUT2D eigenvalue weighted by molar-refractivity contribution is -0.144. The number of benzene rings is 2. The molecule has 200 valence electrons. The minimum absolute atomic E-state index is 0.0181. The van der Waals surface area contributed by atoms with Gasteiger partial charge in [-0.1, -0.05) is 70.5 Å². The molecule has 1 saturated heterocycles. The second kappa shape index (κ2) is 12.5. The highest BCUT2D eigenvalue weighted by atomic mass is 79.9. The predicted octanol–water partition coefficient (Wildman–Crippen LogP) is 4.25. The standard InChI is InChI=1S/C30H34BrN3O4/c1-20(2)32-28(36)26(18-21-8-4-3-5-9-21)34(19-22-12-14-23(31)15-13-22)27(35)16-17-33-29(37)24-10-6-7-11-25(24)30(33)38/h3-9,12-15,20,24-26H,10-11,16-19H2,1-2H3,(H,32,36)/t24-,25+,26-/m0/s1. The van der Waals surface area contributed by atoms with Crippen LogP contribution in [0.25, 0.3) is 0 Å². The zero-order chi connectivity index (χ0) is 27.2. The highest BCUT2D eigenvalue weighted by molar-refractivity contribution is 9.10. The first kappa shape index (κ1) is 27.8. The van der Waals surface area contributed by atoms with Gasteiger partial charge in [0.1, 0.15) is 6.04 Å². The van der Waals surface area contributed by atoms with E-state index in [2.05, 4.69) is 21.2 Å². The van der Waals surface area contributed by atoms with Gasteiger partial charge in [0, 0.05) is 36.4 Å². The van der Waals surface area contributed by atoms with Crippen LogP contribution in [0, 0.1) is 11.8 Å². The Morgan fingerprint density at radius 2 is 1.55 bits per heavy atom. The van der Waals surface area contributed by atoms with Gasteiger partial charge in [0.05, 0.1) is 11.8 Å². The van der Waals surface area contributed by atoms with E-state index >= 15 is 0 Å². The molecule has 4 amide bonds. The molecule has 1 aliphatic carbocycles. The summed E-state index contributed by atoms with van der Waals surface area (Å²) < 4.78 is 0.916. The summed E-state index contributed by atoms with van der Waals surface area (Å²) >= 11 is 3.45. The van der Waals surface area contributed by atoms with E-state index in [-0.39, 0.29) is 61.0 Å². The summed E-state index contributed by atoms with van der Waals surface area (Å²) in [5.41, 5.74) is 1.81. The van der Waals surface area contributed by atoms with E-state index < -0.39 is 6.04 Å². The third-order valence-electron chi connectivity index (χ3n) is 7.12. The molecule has 4 rings (SSSR count). The summed E-state index contributed by atoms with van der Waals surface area (Å²) in [6, 6.07) is 16.4. The highest BCUT2D eigenvalue weighted by Crippen LogP contribution is 2.35. The number of carbonyl (C=O) groups excluding carboxylic acids is 4. The Morgan fingerprint density at radius 3 is 2.13 bits per heavy atom. The Kier molecular flexibility index (Phi) is 9.15. The van der Waals surface area contributed by atoms with Crippen molar-refractivity contribution >= 4 is 39.6 Å². The van der Waals surface area contributed by atoms with Gasteiger partial charge in [-0.25, -0.2) is 0 Å². The van der Waals surface area contributed by atoms with E-state index in [0.717, 1.165) is 15.6 Å². The fourth-order valence-electron chi connectivity index (χ4n) is 5.16. The predicted molar refractivity (Wildman–Crippen MR) is 149 cm³/mol.